The average molecular weight is 595 g/mol. The number of hydrogen-bond donors (Lipinski definition) is 3. The molecule has 4 atom stereocenters. The van der Waals surface area contributed by atoms with Gasteiger partial charge in [-0.25, -0.2) is 4.99 Å². The Labute approximate surface area is 232 Å². The van der Waals surface area contributed by atoms with Crippen LogP contribution in [-0.4, -0.2) is 92.3 Å². The number of ether oxygens (including phenoxy) is 2. The first kappa shape index (κ1) is 33.1. The molecule has 0 radical (unpaired) electrons. The summed E-state index contributed by atoms with van der Waals surface area (Å²) in [5.41, 5.74) is 0.114. The van der Waals surface area contributed by atoms with Crippen LogP contribution in [0.15, 0.2) is 16.8 Å². The van der Waals surface area contributed by atoms with Crippen LogP contribution < -0.4 is 10.6 Å². The van der Waals surface area contributed by atoms with Gasteiger partial charge < -0.3 is 34.5 Å². The molecule has 0 aliphatic carbocycles. The van der Waals surface area contributed by atoms with Gasteiger partial charge in [0.15, 0.2) is 8.32 Å². The number of amidine groups is 1. The molecule has 220 valence electrons. The minimum absolute atomic E-state index is 0.00556. The van der Waals surface area contributed by atoms with Crippen molar-refractivity contribution in [1.82, 2.24) is 15.5 Å². The number of carbonyl (C=O) groups excluding carboxylic acids is 2. The third-order valence-corrected chi connectivity index (χ3v) is 11.4. The Hall–Kier alpha value is -2.09. The Balaban J connectivity index is 2.24. The van der Waals surface area contributed by atoms with E-state index in [4.69, 9.17) is 13.9 Å². The fraction of sp³-hybridized carbons (Fsp3) is 0.708. The van der Waals surface area contributed by atoms with E-state index in [0.717, 1.165) is 0 Å². The number of alkyl halides is 3. The minimum atomic E-state index is -5.03. The molecule has 2 rings (SSSR count). The first-order valence-electron chi connectivity index (χ1n) is 12.2. The molecule has 0 spiro atoms. The number of aliphatic hydroxyl groups is 1. The van der Waals surface area contributed by atoms with E-state index in [1.807, 2.05) is 6.26 Å². The molecular weight excluding hydrogens is 557 g/mol. The maximum absolute atomic E-state index is 12.4. The Kier molecular flexibility index (Phi) is 11.5. The molecule has 39 heavy (non-hydrogen) atoms. The lowest BCUT2D eigenvalue weighted by atomic mass is 10.1. The molecule has 1 fully saturated rings. The standard InChI is InChI=1S/C24H37F3N4O6SSi/c1-15(32)29-20-16(9-8-10-28-21(33)24(25,26)27)12-31(22(34)30-20)19-11-17(35-14-38-5)18(37-19)13-36-39(6,7)23(2,3)4/h12,17-19,22,34H,10-11,13-14H2,1-7H3,(H,28,33)(H,29,30,32). The number of rotatable bonds is 8. The van der Waals surface area contributed by atoms with Gasteiger partial charge in [0.25, 0.3) is 0 Å². The van der Waals surface area contributed by atoms with Crippen molar-refractivity contribution >= 4 is 37.7 Å². The maximum Gasteiger partial charge on any atom is 0.471 e. The first-order chi connectivity index (χ1) is 18.0. The number of aliphatic hydroxyl groups excluding tert-OH is 1. The Morgan fingerprint density at radius 3 is 2.56 bits per heavy atom. The van der Waals surface area contributed by atoms with Crippen LogP contribution >= 0.6 is 11.8 Å². The summed E-state index contributed by atoms with van der Waals surface area (Å²) < 4.78 is 55.9. The molecule has 15 heteroatoms. The molecule has 2 aliphatic rings. The second-order valence-electron chi connectivity index (χ2n) is 10.5. The van der Waals surface area contributed by atoms with Crippen molar-refractivity contribution in [3.63, 3.8) is 0 Å². The van der Waals surface area contributed by atoms with Crippen LogP contribution in [0.4, 0.5) is 13.2 Å². The molecule has 3 N–H and O–H groups in total. The van der Waals surface area contributed by atoms with Crippen molar-refractivity contribution in [2.45, 2.75) is 83.2 Å². The highest BCUT2D eigenvalue weighted by Gasteiger charge is 2.44. The SMILES string of the molecule is CSCOC1CC(N2C=C(C#CCNC(=O)C(F)(F)F)C(NC(C)=O)=NC2O)OC1CO[Si](C)(C)C(C)(C)C. The Bertz CT molecular complexity index is 1020. The van der Waals surface area contributed by atoms with E-state index in [1.165, 1.54) is 29.8 Å². The molecule has 2 amide bonds. The smallest absolute Gasteiger partial charge is 0.414 e. The van der Waals surface area contributed by atoms with Gasteiger partial charge in [0, 0.05) is 19.5 Å². The largest absolute Gasteiger partial charge is 0.471 e. The highest BCUT2D eigenvalue weighted by Crippen LogP contribution is 2.38. The van der Waals surface area contributed by atoms with Crippen molar-refractivity contribution in [1.29, 1.82) is 0 Å². The predicted molar refractivity (Wildman–Crippen MR) is 144 cm³/mol. The van der Waals surface area contributed by atoms with E-state index in [9.17, 15) is 27.9 Å². The van der Waals surface area contributed by atoms with Crippen molar-refractivity contribution < 1.29 is 41.8 Å². The van der Waals surface area contributed by atoms with E-state index in [2.05, 4.69) is 56.0 Å². The lowest BCUT2D eigenvalue weighted by Crippen LogP contribution is -2.45. The van der Waals surface area contributed by atoms with Crippen LogP contribution in [0, 0.1) is 11.8 Å². The topological polar surface area (TPSA) is 122 Å². The van der Waals surface area contributed by atoms with Crippen LogP contribution in [0.5, 0.6) is 0 Å². The Morgan fingerprint density at radius 1 is 1.33 bits per heavy atom. The zero-order valence-electron chi connectivity index (χ0n) is 23.1. The fourth-order valence-corrected chi connectivity index (χ4v) is 4.68. The molecule has 0 aromatic rings. The normalized spacial score (nSPS) is 23.9. The quantitative estimate of drug-likeness (QED) is 0.223. The van der Waals surface area contributed by atoms with Gasteiger partial charge in [-0.15, -0.1) is 11.8 Å². The zero-order valence-corrected chi connectivity index (χ0v) is 25.0. The van der Waals surface area contributed by atoms with Crippen LogP contribution in [0.2, 0.25) is 18.1 Å². The minimum Gasteiger partial charge on any atom is -0.414 e. The number of hydrogen-bond acceptors (Lipinski definition) is 9. The van der Waals surface area contributed by atoms with Crippen LogP contribution in [0.1, 0.15) is 34.1 Å². The summed E-state index contributed by atoms with van der Waals surface area (Å²) >= 11 is 1.51. The van der Waals surface area contributed by atoms with E-state index in [0.29, 0.717) is 19.0 Å². The highest BCUT2D eigenvalue weighted by atomic mass is 32.2. The third-order valence-electron chi connectivity index (χ3n) is 6.48. The highest BCUT2D eigenvalue weighted by molar-refractivity contribution is 7.98. The maximum atomic E-state index is 12.4. The van der Waals surface area contributed by atoms with Gasteiger partial charge in [-0.1, -0.05) is 32.6 Å². The summed E-state index contributed by atoms with van der Waals surface area (Å²) in [7, 11) is -2.08. The molecule has 2 aliphatic heterocycles. The molecule has 0 saturated carbocycles. The molecule has 0 aromatic carbocycles. The summed E-state index contributed by atoms with van der Waals surface area (Å²) in [6.07, 6.45) is -4.23. The number of amides is 2. The summed E-state index contributed by atoms with van der Waals surface area (Å²) in [4.78, 5) is 28.2. The second-order valence-corrected chi connectivity index (χ2v) is 16.1. The van der Waals surface area contributed by atoms with E-state index in [-0.39, 0.29) is 22.6 Å². The number of halogens is 3. The molecule has 1 saturated heterocycles. The summed E-state index contributed by atoms with van der Waals surface area (Å²) in [6.45, 7) is 11.6. The van der Waals surface area contributed by atoms with Gasteiger partial charge >= 0.3 is 12.1 Å². The molecule has 0 aromatic heterocycles. The monoisotopic (exact) mass is 594 g/mol. The van der Waals surface area contributed by atoms with Crippen molar-refractivity contribution in [2.24, 2.45) is 4.99 Å². The van der Waals surface area contributed by atoms with Crippen molar-refractivity contribution in [2.75, 3.05) is 25.3 Å². The molecule has 0 bridgehead atoms. The second kappa shape index (κ2) is 13.5. The summed E-state index contributed by atoms with van der Waals surface area (Å²) in [5, 5.41) is 14.8. The van der Waals surface area contributed by atoms with Gasteiger partial charge in [-0.2, -0.15) is 13.2 Å². The van der Waals surface area contributed by atoms with Gasteiger partial charge in [0.2, 0.25) is 12.3 Å². The van der Waals surface area contributed by atoms with Gasteiger partial charge in [0.1, 0.15) is 18.2 Å². The molecule has 2 heterocycles. The third kappa shape index (κ3) is 9.50. The van der Waals surface area contributed by atoms with Gasteiger partial charge in [0.05, 0.1) is 30.8 Å². The molecular formula is C24H37F3N4O6SSi. The van der Waals surface area contributed by atoms with Crippen molar-refractivity contribution in [3.8, 4) is 11.8 Å². The zero-order chi connectivity index (χ0) is 29.6. The van der Waals surface area contributed by atoms with Crippen LogP contribution in [0.3, 0.4) is 0 Å². The molecule has 4 unspecified atom stereocenters. The lowest BCUT2D eigenvalue weighted by molar-refractivity contribution is -0.173. The fourth-order valence-electron chi connectivity index (χ4n) is 3.35. The van der Waals surface area contributed by atoms with Crippen LogP contribution in [-0.2, 0) is 23.5 Å². The number of carbonyl (C=O) groups is 2. The van der Waals surface area contributed by atoms with Crippen molar-refractivity contribution in [3.05, 3.63) is 11.8 Å². The summed E-state index contributed by atoms with van der Waals surface area (Å²) in [6, 6.07) is 0. The lowest BCUT2D eigenvalue weighted by Gasteiger charge is -2.37. The van der Waals surface area contributed by atoms with E-state index in [1.54, 1.807) is 5.32 Å². The number of thioether (sulfide) groups is 1. The summed E-state index contributed by atoms with van der Waals surface area (Å²) in [5.74, 6) is 2.77. The van der Waals surface area contributed by atoms with Gasteiger partial charge in [-0.3, -0.25) is 9.59 Å². The van der Waals surface area contributed by atoms with E-state index < -0.39 is 51.5 Å². The average Bonchev–Trinajstić information content (AvgIpc) is 3.21. The van der Waals surface area contributed by atoms with Gasteiger partial charge in [-0.05, 0) is 24.4 Å². The predicted octanol–water partition coefficient (Wildman–Crippen LogP) is 2.52. The Morgan fingerprint density at radius 2 is 2.00 bits per heavy atom. The number of nitrogens with zero attached hydrogens (tertiary/aromatic N) is 2. The van der Waals surface area contributed by atoms with Crippen LogP contribution in [0.25, 0.3) is 0 Å². The molecule has 10 nitrogen and oxygen atoms in total. The number of aliphatic imine (C=N–C) groups is 1. The van der Waals surface area contributed by atoms with E-state index >= 15 is 0 Å². The first-order valence-corrected chi connectivity index (χ1v) is 16.5. The number of nitrogens with one attached hydrogen (secondary N) is 2.